The number of nitrogens with one attached hydrogen (secondary N) is 2. The van der Waals surface area contributed by atoms with Crippen LogP contribution in [-0.2, 0) is 0 Å². The number of carbonyl (C=O) groups is 1. The van der Waals surface area contributed by atoms with Crippen molar-refractivity contribution in [2.24, 2.45) is 5.92 Å². The van der Waals surface area contributed by atoms with Crippen molar-refractivity contribution in [2.45, 2.75) is 37.8 Å². The van der Waals surface area contributed by atoms with Crippen molar-refractivity contribution in [1.82, 2.24) is 25.6 Å². The minimum atomic E-state index is -0.211. The van der Waals surface area contributed by atoms with Gasteiger partial charge in [0.15, 0.2) is 5.69 Å². The van der Waals surface area contributed by atoms with Crippen LogP contribution in [-0.4, -0.2) is 51.7 Å². The van der Waals surface area contributed by atoms with Gasteiger partial charge in [-0.3, -0.25) is 4.79 Å². The zero-order valence-electron chi connectivity index (χ0n) is 11.5. The van der Waals surface area contributed by atoms with Crippen LogP contribution in [0, 0.1) is 5.92 Å². The quantitative estimate of drug-likeness (QED) is 0.704. The number of nitrogens with zero attached hydrogens (tertiary/aromatic N) is 3. The molecule has 2 atom stereocenters. The van der Waals surface area contributed by atoms with Crippen LogP contribution in [0.5, 0.6) is 0 Å². The number of carbonyl (C=O) groups excluding carboxylic acids is 1. The van der Waals surface area contributed by atoms with Crippen molar-refractivity contribution in [2.75, 3.05) is 19.6 Å². The number of hydrogen-bond donors (Lipinski definition) is 3. The fraction of sp³-hybridized carbons (Fsp3) is 0.769. The van der Waals surface area contributed by atoms with Gasteiger partial charge in [-0.2, -0.15) is 0 Å². The first kappa shape index (κ1) is 13.5. The van der Waals surface area contributed by atoms with Crippen LogP contribution in [0.1, 0.15) is 42.2 Å². The molecule has 0 aromatic carbocycles. The first-order valence-corrected chi connectivity index (χ1v) is 7.31. The lowest BCUT2D eigenvalue weighted by molar-refractivity contribution is 0.0870. The second-order valence-electron chi connectivity index (χ2n) is 5.79. The van der Waals surface area contributed by atoms with E-state index >= 15 is 0 Å². The van der Waals surface area contributed by atoms with Crippen molar-refractivity contribution < 1.29 is 9.90 Å². The summed E-state index contributed by atoms with van der Waals surface area (Å²) in [5.41, 5.74) is 0.369. The van der Waals surface area contributed by atoms with Crippen LogP contribution in [0.4, 0.5) is 0 Å². The van der Waals surface area contributed by atoms with Gasteiger partial charge >= 0.3 is 0 Å². The molecular formula is C13H21N5O2. The molecule has 1 amide bonds. The van der Waals surface area contributed by atoms with Gasteiger partial charge in [0, 0.05) is 19.6 Å². The summed E-state index contributed by atoms with van der Waals surface area (Å²) in [7, 11) is 0. The maximum absolute atomic E-state index is 12.0. The van der Waals surface area contributed by atoms with Gasteiger partial charge in [-0.1, -0.05) is 11.6 Å². The third-order valence-electron chi connectivity index (χ3n) is 4.18. The zero-order chi connectivity index (χ0) is 13.9. The largest absolute Gasteiger partial charge is 0.393 e. The highest BCUT2D eigenvalue weighted by molar-refractivity contribution is 5.91. The Morgan fingerprint density at radius 2 is 2.35 bits per heavy atom. The summed E-state index contributed by atoms with van der Waals surface area (Å²) in [6, 6.07) is 0.317. The monoisotopic (exact) mass is 279 g/mol. The summed E-state index contributed by atoms with van der Waals surface area (Å²) >= 11 is 0. The Hall–Kier alpha value is -1.47. The van der Waals surface area contributed by atoms with E-state index in [4.69, 9.17) is 0 Å². The van der Waals surface area contributed by atoms with Gasteiger partial charge in [0.1, 0.15) is 0 Å². The average molecular weight is 279 g/mol. The Bertz CT molecular complexity index is 471. The van der Waals surface area contributed by atoms with E-state index in [1.165, 1.54) is 0 Å². The molecule has 1 aromatic heterocycles. The maximum atomic E-state index is 12.0. The Balaban J connectivity index is 1.49. The SMILES string of the molecule is O=C(NCC1CCCC(O)C1)c1cn(C2CNC2)nn1. The molecule has 7 heteroatoms. The molecule has 0 bridgehead atoms. The van der Waals surface area contributed by atoms with E-state index in [0.717, 1.165) is 38.8 Å². The van der Waals surface area contributed by atoms with Crippen molar-refractivity contribution in [3.05, 3.63) is 11.9 Å². The van der Waals surface area contributed by atoms with Crippen molar-refractivity contribution in [1.29, 1.82) is 0 Å². The van der Waals surface area contributed by atoms with E-state index in [0.29, 0.717) is 24.2 Å². The lowest BCUT2D eigenvalue weighted by atomic mass is 9.87. The molecule has 2 aliphatic rings. The van der Waals surface area contributed by atoms with E-state index in [2.05, 4.69) is 20.9 Å². The number of amides is 1. The molecule has 1 aromatic rings. The molecule has 2 unspecified atom stereocenters. The molecule has 2 heterocycles. The van der Waals surface area contributed by atoms with Gasteiger partial charge < -0.3 is 15.7 Å². The predicted octanol–water partition coefficient (Wildman–Crippen LogP) is -0.297. The van der Waals surface area contributed by atoms with Gasteiger partial charge in [0.2, 0.25) is 0 Å². The first-order valence-electron chi connectivity index (χ1n) is 7.31. The standard InChI is InChI=1S/C13H21N5O2/c19-11-3-1-2-9(4-11)5-15-13(20)12-8-18(17-16-12)10-6-14-7-10/h8-11,14,19H,1-7H2,(H,15,20). The molecule has 110 valence electrons. The smallest absolute Gasteiger partial charge is 0.273 e. The van der Waals surface area contributed by atoms with E-state index < -0.39 is 0 Å². The molecule has 1 aliphatic heterocycles. The number of aromatic nitrogens is 3. The Morgan fingerprint density at radius 3 is 3.05 bits per heavy atom. The van der Waals surface area contributed by atoms with Crippen molar-refractivity contribution in [3.8, 4) is 0 Å². The minimum absolute atomic E-state index is 0.177. The Labute approximate surface area is 117 Å². The van der Waals surface area contributed by atoms with Crippen LogP contribution in [0.25, 0.3) is 0 Å². The molecule has 0 radical (unpaired) electrons. The van der Waals surface area contributed by atoms with Gasteiger partial charge in [-0.15, -0.1) is 5.10 Å². The highest BCUT2D eigenvalue weighted by Gasteiger charge is 2.23. The predicted molar refractivity (Wildman–Crippen MR) is 72.2 cm³/mol. The Morgan fingerprint density at radius 1 is 1.50 bits per heavy atom. The summed E-state index contributed by atoms with van der Waals surface area (Å²) in [5.74, 6) is 0.192. The van der Waals surface area contributed by atoms with Crippen molar-refractivity contribution in [3.63, 3.8) is 0 Å². The molecule has 3 rings (SSSR count). The minimum Gasteiger partial charge on any atom is -0.393 e. The van der Waals surface area contributed by atoms with E-state index in [1.807, 2.05) is 0 Å². The van der Waals surface area contributed by atoms with Gasteiger partial charge in [-0.25, -0.2) is 4.68 Å². The van der Waals surface area contributed by atoms with E-state index in [1.54, 1.807) is 10.9 Å². The topological polar surface area (TPSA) is 92.1 Å². The van der Waals surface area contributed by atoms with Gasteiger partial charge in [0.25, 0.3) is 5.91 Å². The average Bonchev–Trinajstić information content (AvgIpc) is 2.83. The fourth-order valence-corrected chi connectivity index (χ4v) is 2.80. The summed E-state index contributed by atoms with van der Waals surface area (Å²) in [4.78, 5) is 12.0. The number of aliphatic hydroxyl groups is 1. The molecular weight excluding hydrogens is 258 g/mol. The summed E-state index contributed by atoms with van der Waals surface area (Å²) < 4.78 is 1.75. The second kappa shape index (κ2) is 5.88. The molecule has 7 nitrogen and oxygen atoms in total. The van der Waals surface area contributed by atoms with Crippen LogP contribution >= 0.6 is 0 Å². The molecule has 1 saturated heterocycles. The molecule has 1 saturated carbocycles. The van der Waals surface area contributed by atoms with Crippen LogP contribution in [0.2, 0.25) is 0 Å². The van der Waals surface area contributed by atoms with Gasteiger partial charge in [-0.05, 0) is 25.2 Å². The summed E-state index contributed by atoms with van der Waals surface area (Å²) in [6.45, 7) is 2.36. The highest BCUT2D eigenvalue weighted by Crippen LogP contribution is 2.23. The molecule has 20 heavy (non-hydrogen) atoms. The number of aliphatic hydroxyl groups excluding tert-OH is 1. The lowest BCUT2D eigenvalue weighted by Gasteiger charge is -2.26. The van der Waals surface area contributed by atoms with E-state index in [-0.39, 0.29) is 12.0 Å². The lowest BCUT2D eigenvalue weighted by Crippen LogP contribution is -2.43. The summed E-state index contributed by atoms with van der Waals surface area (Å²) in [6.07, 6.45) is 5.26. The highest BCUT2D eigenvalue weighted by atomic mass is 16.3. The Kier molecular flexibility index (Phi) is 3.98. The number of rotatable bonds is 4. The molecule has 0 spiro atoms. The normalized spacial score (nSPS) is 27.1. The number of hydrogen-bond acceptors (Lipinski definition) is 5. The zero-order valence-corrected chi connectivity index (χ0v) is 11.5. The van der Waals surface area contributed by atoms with Crippen LogP contribution in [0.3, 0.4) is 0 Å². The third kappa shape index (κ3) is 2.99. The maximum Gasteiger partial charge on any atom is 0.273 e. The second-order valence-corrected chi connectivity index (χ2v) is 5.79. The molecule has 1 aliphatic carbocycles. The first-order chi connectivity index (χ1) is 9.72. The van der Waals surface area contributed by atoms with Crippen LogP contribution in [0.15, 0.2) is 6.20 Å². The van der Waals surface area contributed by atoms with Crippen molar-refractivity contribution >= 4 is 5.91 Å². The fourth-order valence-electron chi connectivity index (χ4n) is 2.80. The van der Waals surface area contributed by atoms with Crippen LogP contribution < -0.4 is 10.6 Å². The van der Waals surface area contributed by atoms with E-state index in [9.17, 15) is 9.90 Å². The molecule has 2 fully saturated rings. The summed E-state index contributed by atoms with van der Waals surface area (Å²) in [5, 5.41) is 23.6. The third-order valence-corrected chi connectivity index (χ3v) is 4.18. The van der Waals surface area contributed by atoms with Gasteiger partial charge in [0.05, 0.1) is 18.3 Å². The molecule has 3 N–H and O–H groups in total.